The van der Waals surface area contributed by atoms with E-state index in [0.29, 0.717) is 21.8 Å². The number of hydrogen-bond donors (Lipinski definition) is 0. The number of para-hydroxylation sites is 2. The van der Waals surface area contributed by atoms with E-state index >= 15 is 0 Å². The van der Waals surface area contributed by atoms with E-state index in [9.17, 15) is 4.79 Å². The summed E-state index contributed by atoms with van der Waals surface area (Å²) >= 11 is 1.45. The third-order valence-corrected chi connectivity index (χ3v) is 5.24. The van der Waals surface area contributed by atoms with Gasteiger partial charge in [-0.1, -0.05) is 49.0 Å². The van der Waals surface area contributed by atoms with Crippen LogP contribution in [0.15, 0.2) is 58.5 Å². The van der Waals surface area contributed by atoms with Gasteiger partial charge in [-0.05, 0) is 37.1 Å². The SMILES string of the molecule is CCc1ccccc1-n1c(SC[C@@H](C)C#N)nc2ccccc2c1=O. The van der Waals surface area contributed by atoms with Crippen LogP contribution in [0.3, 0.4) is 0 Å². The van der Waals surface area contributed by atoms with Crippen LogP contribution in [0, 0.1) is 17.2 Å². The van der Waals surface area contributed by atoms with Gasteiger partial charge in [0.2, 0.25) is 0 Å². The molecule has 25 heavy (non-hydrogen) atoms. The molecule has 0 saturated carbocycles. The van der Waals surface area contributed by atoms with Crippen molar-refractivity contribution in [2.75, 3.05) is 5.75 Å². The summed E-state index contributed by atoms with van der Waals surface area (Å²) in [5, 5.41) is 10.3. The molecule has 0 amide bonds. The van der Waals surface area contributed by atoms with Crippen molar-refractivity contribution in [3.63, 3.8) is 0 Å². The zero-order valence-electron chi connectivity index (χ0n) is 14.3. The van der Waals surface area contributed by atoms with Crippen molar-refractivity contribution in [3.05, 3.63) is 64.4 Å². The summed E-state index contributed by atoms with van der Waals surface area (Å²) in [6, 6.07) is 17.5. The lowest BCUT2D eigenvalue weighted by Gasteiger charge is -2.16. The lowest BCUT2D eigenvalue weighted by molar-refractivity contribution is 0.799. The molecule has 0 saturated heterocycles. The molecule has 126 valence electrons. The summed E-state index contributed by atoms with van der Waals surface area (Å²) in [5.74, 6) is 0.485. The van der Waals surface area contributed by atoms with Gasteiger partial charge in [0.05, 0.1) is 28.6 Å². The van der Waals surface area contributed by atoms with Crippen molar-refractivity contribution >= 4 is 22.7 Å². The number of hydrogen-bond acceptors (Lipinski definition) is 4. The highest BCUT2D eigenvalue weighted by Crippen LogP contribution is 2.24. The van der Waals surface area contributed by atoms with Crippen LogP contribution >= 0.6 is 11.8 Å². The van der Waals surface area contributed by atoms with E-state index in [0.717, 1.165) is 17.7 Å². The lowest BCUT2D eigenvalue weighted by Crippen LogP contribution is -2.23. The van der Waals surface area contributed by atoms with Gasteiger partial charge < -0.3 is 0 Å². The molecule has 3 rings (SSSR count). The van der Waals surface area contributed by atoms with Crippen molar-refractivity contribution in [1.82, 2.24) is 9.55 Å². The first-order valence-electron chi connectivity index (χ1n) is 8.28. The first-order chi connectivity index (χ1) is 12.2. The fourth-order valence-electron chi connectivity index (χ4n) is 2.69. The second kappa shape index (κ2) is 7.54. The molecule has 3 aromatic rings. The molecule has 5 heteroatoms. The van der Waals surface area contributed by atoms with Crippen LogP contribution in [0.4, 0.5) is 0 Å². The predicted molar refractivity (Wildman–Crippen MR) is 102 cm³/mol. The van der Waals surface area contributed by atoms with E-state index < -0.39 is 0 Å². The van der Waals surface area contributed by atoms with Gasteiger partial charge in [-0.3, -0.25) is 9.36 Å². The lowest BCUT2D eigenvalue weighted by atomic mass is 10.1. The Kier molecular flexibility index (Phi) is 5.20. The summed E-state index contributed by atoms with van der Waals surface area (Å²) in [6.07, 6.45) is 0.828. The highest BCUT2D eigenvalue weighted by Gasteiger charge is 2.16. The molecule has 1 aromatic heterocycles. The molecule has 0 fully saturated rings. The van der Waals surface area contributed by atoms with Crippen molar-refractivity contribution in [2.45, 2.75) is 25.4 Å². The minimum absolute atomic E-state index is 0.0707. The molecule has 0 radical (unpaired) electrons. The molecule has 1 atom stereocenters. The van der Waals surface area contributed by atoms with Crippen molar-refractivity contribution in [1.29, 1.82) is 5.26 Å². The molecule has 0 N–H and O–H groups in total. The summed E-state index contributed by atoms with van der Waals surface area (Å²) in [5.41, 5.74) is 2.57. The third kappa shape index (κ3) is 3.45. The van der Waals surface area contributed by atoms with E-state index in [4.69, 9.17) is 10.2 Å². The third-order valence-electron chi connectivity index (χ3n) is 4.04. The van der Waals surface area contributed by atoms with Crippen LogP contribution in [0.5, 0.6) is 0 Å². The number of aryl methyl sites for hydroxylation is 1. The van der Waals surface area contributed by atoms with E-state index in [-0.39, 0.29) is 11.5 Å². The topological polar surface area (TPSA) is 58.7 Å². The number of fused-ring (bicyclic) bond motifs is 1. The van der Waals surface area contributed by atoms with Crippen molar-refractivity contribution in [3.8, 4) is 11.8 Å². The standard InChI is InChI=1S/C20H19N3OS/c1-3-15-8-4-7-11-18(15)23-19(24)16-9-5-6-10-17(16)22-20(23)25-13-14(2)12-21/h4-11,14H,3,13H2,1-2H3/t14-/m0/s1. The summed E-state index contributed by atoms with van der Waals surface area (Å²) in [6.45, 7) is 3.94. The Morgan fingerprint density at radius 3 is 2.68 bits per heavy atom. The van der Waals surface area contributed by atoms with E-state index in [1.54, 1.807) is 4.57 Å². The second-order valence-corrected chi connectivity index (χ2v) is 6.86. The number of nitrogens with zero attached hydrogens (tertiary/aromatic N) is 3. The molecule has 4 nitrogen and oxygen atoms in total. The molecule has 1 heterocycles. The average molecular weight is 349 g/mol. The molecule has 0 aliphatic heterocycles. The van der Waals surface area contributed by atoms with Crippen LogP contribution in [-0.4, -0.2) is 15.3 Å². The smallest absolute Gasteiger partial charge is 0.266 e. The monoisotopic (exact) mass is 349 g/mol. The van der Waals surface area contributed by atoms with Gasteiger partial charge in [0.25, 0.3) is 5.56 Å². The molecule has 0 unspecified atom stereocenters. The fourth-order valence-corrected chi connectivity index (χ4v) is 3.63. The van der Waals surface area contributed by atoms with Crippen LogP contribution in [0.1, 0.15) is 19.4 Å². The highest BCUT2D eigenvalue weighted by molar-refractivity contribution is 7.99. The molecular formula is C20H19N3OS. The Morgan fingerprint density at radius 2 is 1.92 bits per heavy atom. The van der Waals surface area contributed by atoms with Crippen LogP contribution in [-0.2, 0) is 6.42 Å². The highest BCUT2D eigenvalue weighted by atomic mass is 32.2. The first-order valence-corrected chi connectivity index (χ1v) is 9.26. The zero-order chi connectivity index (χ0) is 17.8. The number of nitriles is 1. The summed E-state index contributed by atoms with van der Waals surface area (Å²) in [7, 11) is 0. The Bertz CT molecular complexity index is 1000. The van der Waals surface area contributed by atoms with Gasteiger partial charge in [0.1, 0.15) is 0 Å². The van der Waals surface area contributed by atoms with Crippen LogP contribution < -0.4 is 5.56 Å². The summed E-state index contributed by atoms with van der Waals surface area (Å²) in [4.78, 5) is 17.9. The number of benzene rings is 2. The molecule has 0 aliphatic rings. The maximum atomic E-state index is 13.2. The number of rotatable bonds is 5. The summed E-state index contributed by atoms with van der Waals surface area (Å²) < 4.78 is 1.69. The Morgan fingerprint density at radius 1 is 1.20 bits per heavy atom. The van der Waals surface area contributed by atoms with Crippen molar-refractivity contribution in [2.24, 2.45) is 5.92 Å². The van der Waals surface area contributed by atoms with Gasteiger partial charge in [0.15, 0.2) is 5.16 Å². The Hall–Kier alpha value is -2.58. The molecule has 2 aromatic carbocycles. The molecule has 0 spiro atoms. The number of aromatic nitrogens is 2. The van der Waals surface area contributed by atoms with Gasteiger partial charge in [0, 0.05) is 5.75 Å². The molecule has 0 bridgehead atoms. The fraction of sp³-hybridized carbons (Fsp3) is 0.250. The average Bonchev–Trinajstić information content (AvgIpc) is 2.66. The van der Waals surface area contributed by atoms with Gasteiger partial charge in [-0.2, -0.15) is 5.26 Å². The second-order valence-electron chi connectivity index (χ2n) is 5.88. The molecule has 0 aliphatic carbocycles. The Labute approximate surface area is 151 Å². The number of thioether (sulfide) groups is 1. The van der Waals surface area contributed by atoms with E-state index in [2.05, 4.69) is 13.0 Å². The van der Waals surface area contributed by atoms with Gasteiger partial charge in [-0.25, -0.2) is 4.98 Å². The van der Waals surface area contributed by atoms with Gasteiger partial charge in [-0.15, -0.1) is 0 Å². The molecular weight excluding hydrogens is 330 g/mol. The van der Waals surface area contributed by atoms with E-state index in [1.165, 1.54) is 11.8 Å². The Balaban J connectivity index is 2.25. The van der Waals surface area contributed by atoms with Crippen LogP contribution in [0.2, 0.25) is 0 Å². The minimum Gasteiger partial charge on any atom is -0.268 e. The maximum Gasteiger partial charge on any atom is 0.266 e. The van der Waals surface area contributed by atoms with Gasteiger partial charge >= 0.3 is 0 Å². The predicted octanol–water partition coefficient (Wildman–Crippen LogP) is 4.20. The largest absolute Gasteiger partial charge is 0.268 e. The normalized spacial score (nSPS) is 12.0. The van der Waals surface area contributed by atoms with E-state index in [1.807, 2.05) is 55.5 Å². The van der Waals surface area contributed by atoms with Crippen LogP contribution in [0.25, 0.3) is 16.6 Å². The maximum absolute atomic E-state index is 13.2. The minimum atomic E-state index is -0.108. The quantitative estimate of drug-likeness (QED) is 0.512. The first kappa shape index (κ1) is 17.2. The zero-order valence-corrected chi connectivity index (χ0v) is 15.1. The van der Waals surface area contributed by atoms with Crippen molar-refractivity contribution < 1.29 is 0 Å².